The van der Waals surface area contributed by atoms with Gasteiger partial charge in [-0.15, -0.1) is 0 Å². The summed E-state index contributed by atoms with van der Waals surface area (Å²) in [6, 6.07) is 1.82. The first-order chi connectivity index (χ1) is 11.5. The summed E-state index contributed by atoms with van der Waals surface area (Å²) >= 11 is 5.19. The van der Waals surface area contributed by atoms with Crippen molar-refractivity contribution in [3.8, 4) is 0 Å². The maximum absolute atomic E-state index is 10.6. The van der Waals surface area contributed by atoms with E-state index in [1.165, 1.54) is 0 Å². The van der Waals surface area contributed by atoms with Crippen LogP contribution in [0.25, 0.3) is 0 Å². The lowest BCUT2D eigenvalue weighted by atomic mass is 10.1. The Balaban J connectivity index is 1.85. The molecule has 3 N–H and O–H groups in total. The number of ether oxygens (including phenoxy) is 1. The molecule has 0 aromatic carbocycles. The van der Waals surface area contributed by atoms with Crippen LogP contribution in [0.5, 0.6) is 0 Å². The van der Waals surface area contributed by atoms with Gasteiger partial charge in [-0.25, -0.2) is 0 Å². The number of nitrogens with zero attached hydrogens (tertiary/aromatic N) is 1. The second kappa shape index (κ2) is 8.79. The van der Waals surface area contributed by atoms with Crippen LogP contribution in [0.2, 0.25) is 0 Å². The van der Waals surface area contributed by atoms with E-state index < -0.39 is 5.97 Å². The third kappa shape index (κ3) is 5.61. The average Bonchev–Trinajstić information content (AvgIpc) is 3.18. The monoisotopic (exact) mass is 353 g/mol. The van der Waals surface area contributed by atoms with Crippen molar-refractivity contribution in [3.05, 3.63) is 23.2 Å². The maximum Gasteiger partial charge on any atom is 0.303 e. The van der Waals surface area contributed by atoms with Crippen LogP contribution in [0.4, 0.5) is 0 Å². The van der Waals surface area contributed by atoms with E-state index in [1.54, 1.807) is 0 Å². The molecule has 2 heterocycles. The van der Waals surface area contributed by atoms with Gasteiger partial charge in [-0.1, -0.05) is 0 Å². The maximum atomic E-state index is 10.6. The number of hydrazone groups is 1. The first kappa shape index (κ1) is 18.4. The Morgan fingerprint density at radius 3 is 3.00 bits per heavy atom. The van der Waals surface area contributed by atoms with Gasteiger partial charge in [0.25, 0.3) is 0 Å². The molecule has 0 bridgehead atoms. The fourth-order valence-corrected chi connectivity index (χ4v) is 2.63. The highest BCUT2D eigenvalue weighted by Crippen LogP contribution is 2.17. The zero-order valence-corrected chi connectivity index (χ0v) is 14.7. The standard InChI is InChI=1S/C16H23N3O4S/c1-10(14-8-12(23-11(14)2)5-6-15(20)21)18-19-16(24)17-9-13-4-3-7-22-13/h8,13H,3-7,9H2,1-2H3,(H,20,21)(H2,17,19,24)/b18-10-/t13-/m0/s1. The summed E-state index contributed by atoms with van der Waals surface area (Å²) in [5.41, 5.74) is 4.37. The molecule has 0 unspecified atom stereocenters. The number of furan rings is 1. The van der Waals surface area contributed by atoms with Gasteiger partial charge in [-0.05, 0) is 45.0 Å². The normalized spacial score (nSPS) is 17.8. The molecule has 7 nitrogen and oxygen atoms in total. The summed E-state index contributed by atoms with van der Waals surface area (Å²) in [6.07, 6.45) is 2.75. The number of hydrogen-bond donors (Lipinski definition) is 3. The van der Waals surface area contributed by atoms with Crippen LogP contribution < -0.4 is 10.7 Å². The van der Waals surface area contributed by atoms with Gasteiger partial charge in [0.05, 0.1) is 18.2 Å². The molecule has 1 atom stereocenters. The van der Waals surface area contributed by atoms with Gasteiger partial charge in [0.2, 0.25) is 0 Å². The summed E-state index contributed by atoms with van der Waals surface area (Å²) in [5, 5.41) is 16.5. The molecule has 8 heteroatoms. The van der Waals surface area contributed by atoms with Crippen molar-refractivity contribution < 1.29 is 19.1 Å². The molecule has 0 amide bonds. The Bertz CT molecular complexity index is 621. The molecule has 1 aliphatic rings. The number of hydrogen-bond acceptors (Lipinski definition) is 5. The second-order valence-corrected chi connectivity index (χ2v) is 6.14. The topological polar surface area (TPSA) is 96.1 Å². The molecule has 1 saturated heterocycles. The van der Waals surface area contributed by atoms with Crippen molar-refractivity contribution in [2.75, 3.05) is 13.2 Å². The predicted molar refractivity (Wildman–Crippen MR) is 94.3 cm³/mol. The predicted octanol–water partition coefficient (Wildman–Crippen LogP) is 1.97. The molecule has 2 rings (SSSR count). The van der Waals surface area contributed by atoms with Crippen molar-refractivity contribution in [3.63, 3.8) is 0 Å². The number of aryl methyl sites for hydroxylation is 2. The number of rotatable bonds is 7. The van der Waals surface area contributed by atoms with E-state index in [9.17, 15) is 4.79 Å². The minimum Gasteiger partial charge on any atom is -0.481 e. The Hall–Kier alpha value is -1.93. The molecule has 0 radical (unpaired) electrons. The number of thiocarbonyl (C=S) groups is 1. The van der Waals surface area contributed by atoms with Crippen LogP contribution in [0.15, 0.2) is 15.6 Å². The van der Waals surface area contributed by atoms with Gasteiger partial charge in [0, 0.05) is 25.1 Å². The minimum atomic E-state index is -0.847. The largest absolute Gasteiger partial charge is 0.481 e. The molecule has 1 aromatic rings. The first-order valence-electron chi connectivity index (χ1n) is 7.97. The first-order valence-corrected chi connectivity index (χ1v) is 8.37. The molecule has 24 heavy (non-hydrogen) atoms. The van der Waals surface area contributed by atoms with Gasteiger partial charge in [0.1, 0.15) is 11.5 Å². The Morgan fingerprint density at radius 2 is 2.33 bits per heavy atom. The van der Waals surface area contributed by atoms with Gasteiger partial charge in [0.15, 0.2) is 5.11 Å². The molecular formula is C16H23N3O4S. The molecule has 0 saturated carbocycles. The van der Waals surface area contributed by atoms with E-state index in [-0.39, 0.29) is 12.5 Å². The van der Waals surface area contributed by atoms with Crippen LogP contribution in [0.1, 0.15) is 43.3 Å². The zero-order valence-electron chi connectivity index (χ0n) is 13.9. The van der Waals surface area contributed by atoms with Crippen LogP contribution in [0, 0.1) is 6.92 Å². The second-order valence-electron chi connectivity index (χ2n) is 5.73. The molecule has 0 aliphatic carbocycles. The van der Waals surface area contributed by atoms with Gasteiger partial charge in [-0.3, -0.25) is 10.2 Å². The minimum absolute atomic E-state index is 0.0398. The Labute approximate surface area is 146 Å². The van der Waals surface area contributed by atoms with Gasteiger partial charge >= 0.3 is 5.97 Å². The third-order valence-corrected chi connectivity index (χ3v) is 4.02. The van der Waals surface area contributed by atoms with Crippen molar-refractivity contribution >= 4 is 29.0 Å². The van der Waals surface area contributed by atoms with Crippen molar-refractivity contribution in [1.29, 1.82) is 0 Å². The van der Waals surface area contributed by atoms with Crippen LogP contribution in [-0.2, 0) is 16.0 Å². The van der Waals surface area contributed by atoms with E-state index in [0.717, 1.165) is 30.7 Å². The summed E-state index contributed by atoms with van der Waals surface area (Å²) in [6.45, 7) is 5.15. The zero-order chi connectivity index (χ0) is 17.5. The Morgan fingerprint density at radius 1 is 1.54 bits per heavy atom. The lowest BCUT2D eigenvalue weighted by Crippen LogP contribution is -2.37. The number of carbonyl (C=O) groups is 1. The highest BCUT2D eigenvalue weighted by Gasteiger charge is 2.15. The quantitative estimate of drug-likeness (QED) is 0.392. The SMILES string of the molecule is C/C(=N/NC(=S)NC[C@@H]1CCCO1)c1cc(CCC(=O)O)oc1C. The third-order valence-electron chi connectivity index (χ3n) is 3.78. The summed E-state index contributed by atoms with van der Waals surface area (Å²) in [4.78, 5) is 10.6. The Kier molecular flexibility index (Phi) is 6.74. The summed E-state index contributed by atoms with van der Waals surface area (Å²) in [5.74, 6) is 0.496. The number of carboxylic acid groups (broad SMARTS) is 1. The van der Waals surface area contributed by atoms with Crippen LogP contribution >= 0.6 is 12.2 Å². The molecule has 0 spiro atoms. The van der Waals surface area contributed by atoms with Crippen molar-refractivity contribution in [1.82, 2.24) is 10.7 Å². The molecular weight excluding hydrogens is 330 g/mol. The average molecular weight is 353 g/mol. The van der Waals surface area contributed by atoms with Crippen LogP contribution in [0.3, 0.4) is 0 Å². The molecule has 1 fully saturated rings. The highest BCUT2D eigenvalue weighted by molar-refractivity contribution is 7.80. The highest BCUT2D eigenvalue weighted by atomic mass is 32.1. The lowest BCUT2D eigenvalue weighted by molar-refractivity contribution is -0.137. The van der Waals surface area contributed by atoms with Gasteiger partial charge in [-0.2, -0.15) is 5.10 Å². The lowest BCUT2D eigenvalue weighted by Gasteiger charge is -2.12. The number of nitrogens with one attached hydrogen (secondary N) is 2. The smallest absolute Gasteiger partial charge is 0.303 e. The van der Waals surface area contributed by atoms with E-state index in [1.807, 2.05) is 19.9 Å². The number of carboxylic acids is 1. The number of aliphatic carboxylic acids is 1. The van der Waals surface area contributed by atoms with Crippen molar-refractivity contribution in [2.45, 2.75) is 45.6 Å². The molecule has 1 aromatic heterocycles. The van der Waals surface area contributed by atoms with Crippen molar-refractivity contribution in [2.24, 2.45) is 5.10 Å². The fourth-order valence-electron chi connectivity index (χ4n) is 2.50. The van der Waals surface area contributed by atoms with E-state index in [2.05, 4.69) is 15.8 Å². The van der Waals surface area contributed by atoms with E-state index >= 15 is 0 Å². The van der Waals surface area contributed by atoms with E-state index in [4.69, 9.17) is 26.5 Å². The molecule has 1 aliphatic heterocycles. The fraction of sp³-hybridized carbons (Fsp3) is 0.562. The van der Waals surface area contributed by atoms with E-state index in [0.29, 0.717) is 29.6 Å². The summed E-state index contributed by atoms with van der Waals surface area (Å²) in [7, 11) is 0. The van der Waals surface area contributed by atoms with Gasteiger partial charge < -0.3 is 19.6 Å². The van der Waals surface area contributed by atoms with Crippen LogP contribution in [-0.4, -0.2) is 41.2 Å². The summed E-state index contributed by atoms with van der Waals surface area (Å²) < 4.78 is 11.1. The molecule has 132 valence electrons.